The molecule has 1 amide bonds. The predicted octanol–water partition coefficient (Wildman–Crippen LogP) is 4.60. The molecule has 0 spiro atoms. The first-order chi connectivity index (χ1) is 17.9. The molecule has 4 heterocycles. The van der Waals surface area contributed by atoms with E-state index in [0.717, 1.165) is 22.6 Å². The van der Waals surface area contributed by atoms with E-state index in [9.17, 15) is 9.18 Å². The standard InChI is InChI=1S/C28H33FN8O/c1-16(2)21-13-23(20-8-9-22(29)17(3)12-20)34-37-14-24(31-26(21)37)27(38)36-11-10-35(15-28(36,6)7)18(4)25-30-19(5)32-33-25/h8-9,12-14,16H,4,10-11,15H2,1-3,5-7H3,(H,30,32,33). The lowest BCUT2D eigenvalue weighted by atomic mass is 9.97. The van der Waals surface area contributed by atoms with Crippen LogP contribution in [-0.4, -0.2) is 70.7 Å². The zero-order valence-corrected chi connectivity index (χ0v) is 22.7. The van der Waals surface area contributed by atoms with E-state index in [0.29, 0.717) is 48.1 Å². The van der Waals surface area contributed by atoms with Crippen LogP contribution in [0.3, 0.4) is 0 Å². The van der Waals surface area contributed by atoms with Gasteiger partial charge in [-0.2, -0.15) is 10.2 Å². The van der Waals surface area contributed by atoms with E-state index in [4.69, 9.17) is 10.1 Å². The molecule has 1 aliphatic rings. The Morgan fingerprint density at radius 1 is 1.16 bits per heavy atom. The third-order valence-electron chi connectivity index (χ3n) is 7.13. The molecule has 198 valence electrons. The third kappa shape index (κ3) is 4.55. The number of aromatic amines is 1. The highest BCUT2D eigenvalue weighted by Crippen LogP contribution is 2.30. The highest BCUT2D eigenvalue weighted by molar-refractivity contribution is 5.93. The monoisotopic (exact) mass is 516 g/mol. The normalized spacial score (nSPS) is 15.5. The van der Waals surface area contributed by atoms with Crippen molar-refractivity contribution >= 4 is 17.3 Å². The van der Waals surface area contributed by atoms with Crippen LogP contribution in [0.1, 0.15) is 66.9 Å². The van der Waals surface area contributed by atoms with Crippen molar-refractivity contribution in [3.63, 3.8) is 0 Å². The van der Waals surface area contributed by atoms with Gasteiger partial charge in [0.2, 0.25) is 0 Å². The van der Waals surface area contributed by atoms with Crippen LogP contribution < -0.4 is 0 Å². The number of rotatable bonds is 5. The van der Waals surface area contributed by atoms with Gasteiger partial charge in [0.05, 0.1) is 23.1 Å². The fourth-order valence-electron chi connectivity index (χ4n) is 4.99. The van der Waals surface area contributed by atoms with Crippen LogP contribution in [-0.2, 0) is 0 Å². The zero-order chi connectivity index (χ0) is 27.4. The number of nitrogens with one attached hydrogen (secondary N) is 1. The molecule has 1 aliphatic heterocycles. The van der Waals surface area contributed by atoms with Gasteiger partial charge in [-0.1, -0.05) is 20.4 Å². The smallest absolute Gasteiger partial charge is 0.274 e. The predicted molar refractivity (Wildman–Crippen MR) is 144 cm³/mol. The lowest BCUT2D eigenvalue weighted by Gasteiger charge is -2.47. The summed E-state index contributed by atoms with van der Waals surface area (Å²) >= 11 is 0. The maximum atomic E-state index is 13.9. The number of piperazine rings is 1. The summed E-state index contributed by atoms with van der Waals surface area (Å²) in [7, 11) is 0. The number of carbonyl (C=O) groups is 1. The van der Waals surface area contributed by atoms with Gasteiger partial charge in [-0.15, -0.1) is 0 Å². The van der Waals surface area contributed by atoms with Crippen LogP contribution in [0.5, 0.6) is 0 Å². The summed E-state index contributed by atoms with van der Waals surface area (Å²) in [6, 6.07) is 6.94. The molecule has 0 unspecified atom stereocenters. The van der Waals surface area contributed by atoms with E-state index in [2.05, 4.69) is 40.5 Å². The SMILES string of the molecule is C=C(c1n[nH]c(C)n1)N1CCN(C(=O)c2cn3nc(-c4ccc(F)c(C)c4)cc(C(C)C)c3n2)C(C)(C)C1. The van der Waals surface area contributed by atoms with Crippen molar-refractivity contribution in [3.05, 3.63) is 71.3 Å². The second-order valence-electron chi connectivity index (χ2n) is 10.9. The van der Waals surface area contributed by atoms with Gasteiger partial charge < -0.3 is 9.80 Å². The van der Waals surface area contributed by atoms with Crippen molar-refractivity contribution in [1.82, 2.24) is 39.6 Å². The van der Waals surface area contributed by atoms with Crippen molar-refractivity contribution in [2.24, 2.45) is 0 Å². The maximum absolute atomic E-state index is 13.9. The second kappa shape index (κ2) is 9.34. The third-order valence-corrected chi connectivity index (χ3v) is 7.13. The number of hydrogen-bond donors (Lipinski definition) is 1. The number of hydrogen-bond acceptors (Lipinski definition) is 6. The molecule has 0 aliphatic carbocycles. The summed E-state index contributed by atoms with van der Waals surface area (Å²) in [5.41, 5.74) is 4.29. The molecule has 10 heteroatoms. The van der Waals surface area contributed by atoms with Gasteiger partial charge in [-0.05, 0) is 63.4 Å². The van der Waals surface area contributed by atoms with Gasteiger partial charge in [0.15, 0.2) is 11.5 Å². The first kappa shape index (κ1) is 25.6. The molecule has 0 bridgehead atoms. The summed E-state index contributed by atoms with van der Waals surface area (Å²) in [5.74, 6) is 1.05. The Balaban J connectivity index is 1.44. The van der Waals surface area contributed by atoms with E-state index in [1.54, 1.807) is 29.8 Å². The molecule has 9 nitrogen and oxygen atoms in total. The van der Waals surface area contributed by atoms with E-state index < -0.39 is 5.54 Å². The van der Waals surface area contributed by atoms with Crippen LogP contribution in [0.25, 0.3) is 22.6 Å². The Morgan fingerprint density at radius 2 is 1.92 bits per heavy atom. The Bertz CT molecular complexity index is 1550. The van der Waals surface area contributed by atoms with Crippen LogP contribution in [0.4, 0.5) is 4.39 Å². The minimum absolute atomic E-state index is 0.145. The summed E-state index contributed by atoms with van der Waals surface area (Å²) in [6.07, 6.45) is 1.70. The van der Waals surface area contributed by atoms with Gasteiger partial charge in [0.25, 0.3) is 5.91 Å². The Labute approximate surface area is 221 Å². The van der Waals surface area contributed by atoms with E-state index in [1.165, 1.54) is 6.07 Å². The summed E-state index contributed by atoms with van der Waals surface area (Å²) in [5, 5.41) is 11.8. The molecule has 3 aromatic heterocycles. The number of halogens is 1. The minimum atomic E-state index is -0.482. The zero-order valence-electron chi connectivity index (χ0n) is 22.7. The first-order valence-corrected chi connectivity index (χ1v) is 12.8. The lowest BCUT2D eigenvalue weighted by molar-refractivity contribution is 0.0308. The number of H-pyrrole nitrogens is 1. The largest absolute Gasteiger partial charge is 0.365 e. The summed E-state index contributed by atoms with van der Waals surface area (Å²) in [6.45, 7) is 17.7. The Hall–Kier alpha value is -4.08. The van der Waals surface area contributed by atoms with Crippen molar-refractivity contribution in [1.29, 1.82) is 0 Å². The van der Waals surface area contributed by atoms with Crippen LogP contribution >= 0.6 is 0 Å². The molecule has 5 rings (SSSR count). The van der Waals surface area contributed by atoms with Crippen molar-refractivity contribution < 1.29 is 9.18 Å². The molecule has 1 N–H and O–H groups in total. The number of imidazole rings is 1. The second-order valence-corrected chi connectivity index (χ2v) is 10.9. The van der Waals surface area contributed by atoms with Gasteiger partial charge in [0, 0.05) is 30.8 Å². The maximum Gasteiger partial charge on any atom is 0.274 e. The van der Waals surface area contributed by atoms with Crippen molar-refractivity contribution in [2.45, 2.75) is 53.0 Å². The average molecular weight is 517 g/mol. The lowest BCUT2D eigenvalue weighted by Crippen LogP contribution is -2.60. The Kier molecular flexibility index (Phi) is 6.28. The topological polar surface area (TPSA) is 95.3 Å². The molecule has 0 radical (unpaired) electrons. The molecule has 1 aromatic carbocycles. The fraction of sp³-hybridized carbons (Fsp3) is 0.393. The van der Waals surface area contributed by atoms with Crippen LogP contribution in [0.2, 0.25) is 0 Å². The fourth-order valence-corrected chi connectivity index (χ4v) is 4.99. The number of benzene rings is 1. The quantitative estimate of drug-likeness (QED) is 0.417. The number of amides is 1. The van der Waals surface area contributed by atoms with Gasteiger partial charge in [-0.25, -0.2) is 18.9 Å². The number of aryl methyl sites for hydroxylation is 2. The molecule has 0 saturated carbocycles. The number of fused-ring (bicyclic) bond motifs is 1. The minimum Gasteiger partial charge on any atom is -0.365 e. The van der Waals surface area contributed by atoms with Crippen molar-refractivity contribution in [2.75, 3.05) is 19.6 Å². The molecule has 38 heavy (non-hydrogen) atoms. The Morgan fingerprint density at radius 3 is 2.55 bits per heavy atom. The number of nitrogens with zero attached hydrogens (tertiary/aromatic N) is 7. The number of carbonyl (C=O) groups excluding carboxylic acids is 1. The van der Waals surface area contributed by atoms with Gasteiger partial charge >= 0.3 is 0 Å². The highest BCUT2D eigenvalue weighted by atomic mass is 19.1. The van der Waals surface area contributed by atoms with Crippen LogP contribution in [0.15, 0.2) is 37.0 Å². The molecule has 4 aromatic rings. The molecular formula is C28H33FN8O. The molecule has 0 atom stereocenters. The molecule has 1 fully saturated rings. The number of aromatic nitrogens is 6. The first-order valence-electron chi connectivity index (χ1n) is 12.8. The average Bonchev–Trinajstić information content (AvgIpc) is 3.49. The van der Waals surface area contributed by atoms with E-state index in [-0.39, 0.29) is 17.6 Å². The van der Waals surface area contributed by atoms with Gasteiger partial charge in [-0.3, -0.25) is 9.89 Å². The summed E-state index contributed by atoms with van der Waals surface area (Å²) in [4.78, 5) is 26.9. The highest BCUT2D eigenvalue weighted by Gasteiger charge is 2.39. The van der Waals surface area contributed by atoms with Crippen molar-refractivity contribution in [3.8, 4) is 11.3 Å². The van der Waals surface area contributed by atoms with Crippen LogP contribution in [0, 0.1) is 19.7 Å². The summed E-state index contributed by atoms with van der Waals surface area (Å²) < 4.78 is 15.5. The molecule has 1 saturated heterocycles. The van der Waals surface area contributed by atoms with Gasteiger partial charge in [0.1, 0.15) is 17.3 Å². The van der Waals surface area contributed by atoms with E-state index in [1.807, 2.05) is 31.7 Å². The van der Waals surface area contributed by atoms with E-state index >= 15 is 0 Å². The molecular weight excluding hydrogens is 483 g/mol.